The first-order valence-electron chi connectivity index (χ1n) is 6.11. The molecule has 0 saturated heterocycles. The molecule has 19 heavy (non-hydrogen) atoms. The molecule has 1 N–H and O–H groups in total. The number of carboxylic acids is 1. The van der Waals surface area contributed by atoms with E-state index in [0.29, 0.717) is 36.4 Å². The number of fused-ring (bicyclic) bond motifs is 1. The maximum atomic E-state index is 13.2. The Labute approximate surface area is 108 Å². The number of hydrogen-bond donors (Lipinski definition) is 1. The number of aryl methyl sites for hydroxylation is 1. The van der Waals surface area contributed by atoms with Crippen LogP contribution in [0.4, 0.5) is 4.39 Å². The monoisotopic (exact) mass is 261 g/mol. The van der Waals surface area contributed by atoms with E-state index in [1.807, 2.05) is 0 Å². The van der Waals surface area contributed by atoms with Crippen LogP contribution in [-0.4, -0.2) is 16.1 Å². The van der Waals surface area contributed by atoms with Gasteiger partial charge in [0.2, 0.25) is 5.89 Å². The van der Waals surface area contributed by atoms with Crippen molar-refractivity contribution < 1.29 is 18.7 Å². The number of oxazole rings is 1. The molecule has 0 fully saturated rings. The third-order valence-electron chi connectivity index (χ3n) is 3.36. The highest BCUT2D eigenvalue weighted by molar-refractivity contribution is 5.70. The van der Waals surface area contributed by atoms with Crippen LogP contribution in [0, 0.1) is 11.7 Å². The molecule has 0 saturated carbocycles. The molecule has 1 aliphatic rings. The van der Waals surface area contributed by atoms with Crippen molar-refractivity contribution in [3.05, 3.63) is 41.5 Å². The third kappa shape index (κ3) is 2.23. The summed E-state index contributed by atoms with van der Waals surface area (Å²) in [5.74, 6) is -0.483. The van der Waals surface area contributed by atoms with Crippen LogP contribution in [-0.2, 0) is 17.6 Å². The molecule has 0 radical (unpaired) electrons. The van der Waals surface area contributed by atoms with E-state index < -0.39 is 11.9 Å². The zero-order valence-corrected chi connectivity index (χ0v) is 10.1. The Morgan fingerprint density at radius 1 is 1.47 bits per heavy atom. The van der Waals surface area contributed by atoms with Gasteiger partial charge in [-0.15, -0.1) is 0 Å². The molecule has 3 rings (SSSR count). The van der Waals surface area contributed by atoms with Crippen molar-refractivity contribution in [2.24, 2.45) is 5.92 Å². The lowest BCUT2D eigenvalue weighted by molar-refractivity contribution is -0.142. The summed E-state index contributed by atoms with van der Waals surface area (Å²) in [6.07, 6.45) is 1.50. The minimum absolute atomic E-state index is 0.350. The van der Waals surface area contributed by atoms with E-state index in [2.05, 4.69) is 4.98 Å². The largest absolute Gasteiger partial charge is 0.481 e. The highest BCUT2D eigenvalue weighted by Gasteiger charge is 2.28. The first kappa shape index (κ1) is 11.9. The summed E-state index contributed by atoms with van der Waals surface area (Å²) in [7, 11) is 0. The Balaban J connectivity index is 1.93. The molecule has 0 amide bonds. The summed E-state index contributed by atoms with van der Waals surface area (Å²) >= 11 is 0. The predicted molar refractivity (Wildman–Crippen MR) is 65.0 cm³/mol. The topological polar surface area (TPSA) is 63.3 Å². The molecule has 1 aromatic heterocycles. The molecular weight excluding hydrogens is 249 g/mol. The number of carboxylic acid groups (broad SMARTS) is 1. The van der Waals surface area contributed by atoms with Gasteiger partial charge in [-0.2, -0.15) is 0 Å². The van der Waals surface area contributed by atoms with Crippen LogP contribution in [0.1, 0.15) is 17.9 Å². The van der Waals surface area contributed by atoms with Gasteiger partial charge in [0.25, 0.3) is 0 Å². The molecule has 1 aromatic carbocycles. The molecule has 98 valence electrons. The molecular formula is C14H12FNO3. The lowest BCUT2D eigenvalue weighted by Crippen LogP contribution is -2.21. The summed E-state index contributed by atoms with van der Waals surface area (Å²) in [5.41, 5.74) is 1.25. The van der Waals surface area contributed by atoms with Crippen molar-refractivity contribution in [3.63, 3.8) is 0 Å². The van der Waals surface area contributed by atoms with Crippen molar-refractivity contribution in [2.75, 3.05) is 0 Å². The fourth-order valence-electron chi connectivity index (χ4n) is 2.33. The molecule has 0 bridgehead atoms. The predicted octanol–water partition coefficient (Wildman–Crippen LogP) is 2.67. The zero-order chi connectivity index (χ0) is 13.4. The van der Waals surface area contributed by atoms with Crippen LogP contribution >= 0.6 is 0 Å². The summed E-state index contributed by atoms with van der Waals surface area (Å²) in [6, 6.07) is 6.02. The molecule has 1 aliphatic carbocycles. The quantitative estimate of drug-likeness (QED) is 0.902. The van der Waals surface area contributed by atoms with Gasteiger partial charge < -0.3 is 9.52 Å². The van der Waals surface area contributed by atoms with Crippen molar-refractivity contribution in [3.8, 4) is 11.5 Å². The van der Waals surface area contributed by atoms with Gasteiger partial charge in [-0.25, -0.2) is 9.37 Å². The maximum absolute atomic E-state index is 13.2. The number of aliphatic carboxylic acids is 1. The fourth-order valence-corrected chi connectivity index (χ4v) is 2.33. The van der Waals surface area contributed by atoms with Crippen LogP contribution in [0.2, 0.25) is 0 Å². The van der Waals surface area contributed by atoms with Crippen LogP contribution in [0.25, 0.3) is 11.5 Å². The van der Waals surface area contributed by atoms with E-state index >= 15 is 0 Å². The average molecular weight is 261 g/mol. The number of halogens is 1. The minimum atomic E-state index is -0.805. The second kappa shape index (κ2) is 4.50. The summed E-state index contributed by atoms with van der Waals surface area (Å²) in [6.45, 7) is 0. The highest BCUT2D eigenvalue weighted by atomic mass is 19.1. The Morgan fingerprint density at radius 2 is 2.32 bits per heavy atom. The molecule has 1 heterocycles. The molecule has 0 spiro atoms. The first-order valence-corrected chi connectivity index (χ1v) is 6.11. The van der Waals surface area contributed by atoms with Crippen LogP contribution in [0.5, 0.6) is 0 Å². The van der Waals surface area contributed by atoms with Crippen molar-refractivity contribution in [1.29, 1.82) is 0 Å². The molecule has 1 atom stereocenters. The molecule has 4 nitrogen and oxygen atoms in total. The normalized spacial score (nSPS) is 18.1. The number of aromatic nitrogens is 1. The van der Waals surface area contributed by atoms with Gasteiger partial charge in [0, 0.05) is 18.4 Å². The van der Waals surface area contributed by atoms with Gasteiger partial charge in [0.05, 0.1) is 11.6 Å². The van der Waals surface area contributed by atoms with Crippen molar-refractivity contribution in [1.82, 2.24) is 4.98 Å². The van der Waals surface area contributed by atoms with Crippen LogP contribution in [0.15, 0.2) is 28.7 Å². The van der Waals surface area contributed by atoms with E-state index in [-0.39, 0.29) is 5.82 Å². The van der Waals surface area contributed by atoms with E-state index in [9.17, 15) is 9.18 Å². The van der Waals surface area contributed by atoms with Gasteiger partial charge in [-0.3, -0.25) is 4.79 Å². The smallest absolute Gasteiger partial charge is 0.306 e. The third-order valence-corrected chi connectivity index (χ3v) is 3.36. The Bertz CT molecular complexity index is 635. The Kier molecular flexibility index (Phi) is 2.81. The summed E-state index contributed by atoms with van der Waals surface area (Å²) in [4.78, 5) is 15.3. The van der Waals surface area contributed by atoms with Crippen LogP contribution < -0.4 is 0 Å². The van der Waals surface area contributed by atoms with E-state index in [1.54, 1.807) is 12.1 Å². The first-order chi connectivity index (χ1) is 9.13. The number of hydrogen-bond acceptors (Lipinski definition) is 3. The summed E-state index contributed by atoms with van der Waals surface area (Å²) < 4.78 is 18.8. The van der Waals surface area contributed by atoms with E-state index in [1.165, 1.54) is 12.1 Å². The van der Waals surface area contributed by atoms with Crippen molar-refractivity contribution >= 4 is 5.97 Å². The average Bonchev–Trinajstić information content (AvgIpc) is 2.81. The van der Waals surface area contributed by atoms with Crippen molar-refractivity contribution in [2.45, 2.75) is 19.3 Å². The molecule has 1 unspecified atom stereocenters. The number of benzene rings is 1. The summed E-state index contributed by atoms with van der Waals surface area (Å²) in [5, 5.41) is 9.02. The standard InChI is InChI=1S/C14H12FNO3/c15-10-3-1-2-8(6-10)13-16-11-7-9(14(17)18)4-5-12(11)19-13/h1-3,6,9H,4-5,7H2,(H,17,18). The number of nitrogens with zero attached hydrogens (tertiary/aromatic N) is 1. The Hall–Kier alpha value is -2.17. The SMILES string of the molecule is O=C(O)C1CCc2oc(-c3cccc(F)c3)nc2C1. The van der Waals surface area contributed by atoms with Gasteiger partial charge in [-0.05, 0) is 24.6 Å². The highest BCUT2D eigenvalue weighted by Crippen LogP contribution is 2.30. The van der Waals surface area contributed by atoms with E-state index in [0.717, 1.165) is 5.76 Å². The molecule has 2 aromatic rings. The second-order valence-electron chi connectivity index (χ2n) is 4.68. The molecule has 0 aliphatic heterocycles. The lowest BCUT2D eigenvalue weighted by atomic mass is 9.90. The zero-order valence-electron chi connectivity index (χ0n) is 10.1. The number of rotatable bonds is 2. The van der Waals surface area contributed by atoms with Gasteiger partial charge in [0.1, 0.15) is 11.6 Å². The maximum Gasteiger partial charge on any atom is 0.306 e. The number of carbonyl (C=O) groups is 1. The van der Waals surface area contributed by atoms with Gasteiger partial charge in [-0.1, -0.05) is 6.07 Å². The second-order valence-corrected chi connectivity index (χ2v) is 4.68. The van der Waals surface area contributed by atoms with Gasteiger partial charge >= 0.3 is 5.97 Å². The minimum Gasteiger partial charge on any atom is -0.481 e. The van der Waals surface area contributed by atoms with E-state index in [4.69, 9.17) is 9.52 Å². The Morgan fingerprint density at radius 3 is 3.05 bits per heavy atom. The lowest BCUT2D eigenvalue weighted by Gasteiger charge is -2.15. The fraction of sp³-hybridized carbons (Fsp3) is 0.286. The van der Waals surface area contributed by atoms with Crippen LogP contribution in [0.3, 0.4) is 0 Å². The van der Waals surface area contributed by atoms with Gasteiger partial charge in [0.15, 0.2) is 0 Å². The molecule has 5 heteroatoms.